The van der Waals surface area contributed by atoms with E-state index >= 15 is 0 Å². The van der Waals surface area contributed by atoms with Crippen LogP contribution in [-0.4, -0.2) is 23.9 Å². The second-order valence-electron chi connectivity index (χ2n) is 2.32. The molecule has 0 spiro atoms. The van der Waals surface area contributed by atoms with E-state index in [4.69, 9.17) is 13.6 Å². The van der Waals surface area contributed by atoms with Crippen molar-refractivity contribution in [3.63, 3.8) is 0 Å². The Hall–Kier alpha value is -0.150. The molecule has 56 valence electrons. The first-order valence-corrected chi connectivity index (χ1v) is 3.96. The average Bonchev–Trinajstić information content (AvgIpc) is 1.92. The van der Waals surface area contributed by atoms with Gasteiger partial charge in [-0.3, -0.25) is 9.05 Å². The van der Waals surface area contributed by atoms with Crippen LogP contribution in [-0.2, 0) is 13.6 Å². The summed E-state index contributed by atoms with van der Waals surface area (Å²) in [5, 5.41) is 9.52. The fourth-order valence-electron chi connectivity index (χ4n) is 0.787. The van der Waals surface area contributed by atoms with Crippen LogP contribution < -0.4 is 0 Å². The van der Waals surface area contributed by atoms with E-state index < -0.39 is 14.2 Å². The van der Waals surface area contributed by atoms with Crippen molar-refractivity contribution in [2.75, 3.05) is 13.2 Å². The highest BCUT2D eigenvalue weighted by molar-refractivity contribution is 7.42. The molecule has 3 aliphatic rings. The number of hydrogen-bond acceptors (Lipinski definition) is 4. The van der Waals surface area contributed by atoms with Gasteiger partial charge in [0.2, 0.25) is 0 Å². The van der Waals surface area contributed by atoms with E-state index in [1.165, 1.54) is 0 Å². The molecule has 3 rings (SSSR count). The van der Waals surface area contributed by atoms with E-state index in [-0.39, 0.29) is 13.2 Å². The van der Waals surface area contributed by atoms with E-state index in [1.807, 2.05) is 0 Å². The maximum atomic E-state index is 9.52. The van der Waals surface area contributed by atoms with E-state index in [0.717, 1.165) is 0 Å². The van der Waals surface area contributed by atoms with Gasteiger partial charge < -0.3 is 9.63 Å². The van der Waals surface area contributed by atoms with Crippen molar-refractivity contribution >= 4 is 8.60 Å². The fourth-order valence-corrected chi connectivity index (χ4v) is 1.95. The van der Waals surface area contributed by atoms with Gasteiger partial charge >= 0.3 is 8.60 Å². The van der Waals surface area contributed by atoms with Crippen LogP contribution in [0, 0.1) is 0 Å². The zero-order valence-corrected chi connectivity index (χ0v) is 6.13. The summed E-state index contributed by atoms with van der Waals surface area (Å²) in [6.45, 7) is 4.05. The number of rotatable bonds is 0. The lowest BCUT2D eigenvalue weighted by atomic mass is 10.1. The Balaban J connectivity index is 2.25. The largest absolute Gasteiger partial charge is 0.429 e. The molecule has 3 aliphatic heterocycles. The summed E-state index contributed by atoms with van der Waals surface area (Å²) >= 11 is 0. The molecule has 10 heavy (non-hydrogen) atoms. The van der Waals surface area contributed by atoms with Crippen molar-refractivity contribution in [1.82, 2.24) is 0 Å². The number of hydrogen-bond donors (Lipinski definition) is 1. The van der Waals surface area contributed by atoms with E-state index in [0.29, 0.717) is 5.76 Å². The second-order valence-corrected chi connectivity index (χ2v) is 3.46. The van der Waals surface area contributed by atoms with Gasteiger partial charge in [0.1, 0.15) is 5.76 Å². The topological polar surface area (TPSA) is 47.9 Å². The highest BCUT2D eigenvalue weighted by Gasteiger charge is 2.47. The second kappa shape index (κ2) is 1.92. The molecular weight excluding hydrogens is 155 g/mol. The summed E-state index contributed by atoms with van der Waals surface area (Å²) in [6, 6.07) is 0. The SMILES string of the molecule is C=C1OP2OCC1(O)CO2. The molecule has 3 saturated heterocycles. The highest BCUT2D eigenvalue weighted by atomic mass is 31.2. The molecular formula is C5H7O4P. The summed E-state index contributed by atoms with van der Waals surface area (Å²) in [6.07, 6.45) is 0. The van der Waals surface area contributed by atoms with Gasteiger partial charge in [0.25, 0.3) is 0 Å². The van der Waals surface area contributed by atoms with Gasteiger partial charge in [-0.25, -0.2) is 0 Å². The third-order valence-corrected chi connectivity index (χ3v) is 2.57. The Kier molecular flexibility index (Phi) is 1.26. The van der Waals surface area contributed by atoms with Gasteiger partial charge in [0.05, 0.1) is 13.2 Å². The molecule has 5 heteroatoms. The Morgan fingerprint density at radius 1 is 1.50 bits per heavy atom. The van der Waals surface area contributed by atoms with Gasteiger partial charge in [-0.15, -0.1) is 0 Å². The maximum Gasteiger partial charge on any atom is 0.397 e. The van der Waals surface area contributed by atoms with Crippen molar-refractivity contribution in [3.8, 4) is 0 Å². The predicted molar refractivity (Wildman–Crippen MR) is 34.0 cm³/mol. The standard InChI is InChI=1S/C5H7O4P/c1-4-5(6)2-7-10(9-4)8-3-5/h6H,1-3H2. The van der Waals surface area contributed by atoms with Crippen LogP contribution in [0.3, 0.4) is 0 Å². The predicted octanol–water partition coefficient (Wildman–Crippen LogP) is 0.535. The molecule has 0 radical (unpaired) electrons. The van der Waals surface area contributed by atoms with Crippen molar-refractivity contribution < 1.29 is 18.7 Å². The summed E-state index contributed by atoms with van der Waals surface area (Å²) in [4.78, 5) is 0. The quantitative estimate of drug-likeness (QED) is 0.528. The summed E-state index contributed by atoms with van der Waals surface area (Å²) in [7, 11) is -1.23. The zero-order valence-electron chi connectivity index (χ0n) is 5.24. The molecule has 1 N–H and O–H groups in total. The van der Waals surface area contributed by atoms with Crippen molar-refractivity contribution in [2.45, 2.75) is 5.60 Å². The minimum atomic E-state index is -1.23. The molecule has 0 aromatic rings. The van der Waals surface area contributed by atoms with Crippen LogP contribution in [0.4, 0.5) is 0 Å². The smallest absolute Gasteiger partial charge is 0.397 e. The molecule has 0 unspecified atom stereocenters. The van der Waals surface area contributed by atoms with Gasteiger partial charge in [0, 0.05) is 0 Å². The van der Waals surface area contributed by atoms with Gasteiger partial charge in [-0.1, -0.05) is 6.58 Å². The monoisotopic (exact) mass is 162 g/mol. The third kappa shape index (κ3) is 0.772. The Morgan fingerprint density at radius 3 is 2.40 bits per heavy atom. The first kappa shape index (κ1) is 6.55. The molecule has 0 aliphatic carbocycles. The Labute approximate surface area is 59.4 Å². The summed E-state index contributed by atoms with van der Waals surface area (Å²) in [5.41, 5.74) is -1.10. The Morgan fingerprint density at radius 2 is 2.10 bits per heavy atom. The molecule has 0 atom stereocenters. The molecule has 0 amide bonds. The molecule has 0 aromatic carbocycles. The van der Waals surface area contributed by atoms with E-state index in [1.54, 1.807) is 0 Å². The van der Waals surface area contributed by atoms with Crippen molar-refractivity contribution in [3.05, 3.63) is 12.3 Å². The van der Waals surface area contributed by atoms with E-state index in [9.17, 15) is 5.11 Å². The minimum Gasteiger partial charge on any atom is -0.429 e. The van der Waals surface area contributed by atoms with Crippen molar-refractivity contribution in [2.24, 2.45) is 0 Å². The Bertz CT molecular complexity index is 172. The summed E-state index contributed by atoms with van der Waals surface area (Å²) < 4.78 is 14.9. The number of aliphatic hydroxyl groups is 1. The minimum absolute atomic E-state index is 0.248. The van der Waals surface area contributed by atoms with Crippen LogP contribution in [0.2, 0.25) is 0 Å². The van der Waals surface area contributed by atoms with Crippen LogP contribution in [0.15, 0.2) is 12.3 Å². The van der Waals surface area contributed by atoms with Crippen molar-refractivity contribution in [1.29, 1.82) is 0 Å². The zero-order chi connectivity index (χ0) is 7.19. The lowest BCUT2D eigenvalue weighted by Gasteiger charge is -2.41. The normalized spacial score (nSPS) is 45.3. The lowest BCUT2D eigenvalue weighted by Crippen LogP contribution is -2.47. The molecule has 3 heterocycles. The molecule has 0 aromatic heterocycles. The lowest BCUT2D eigenvalue weighted by molar-refractivity contribution is -0.101. The van der Waals surface area contributed by atoms with Gasteiger partial charge in [-0.05, 0) is 0 Å². The van der Waals surface area contributed by atoms with Crippen LogP contribution in [0.5, 0.6) is 0 Å². The maximum absolute atomic E-state index is 9.52. The van der Waals surface area contributed by atoms with Gasteiger partial charge in [-0.2, -0.15) is 0 Å². The molecule has 0 saturated carbocycles. The molecule has 3 fully saturated rings. The first-order valence-electron chi connectivity index (χ1n) is 2.86. The highest BCUT2D eigenvalue weighted by Crippen LogP contribution is 2.54. The van der Waals surface area contributed by atoms with E-state index in [2.05, 4.69) is 6.58 Å². The fraction of sp³-hybridized carbons (Fsp3) is 0.600. The van der Waals surface area contributed by atoms with Crippen LogP contribution in [0.1, 0.15) is 0 Å². The van der Waals surface area contributed by atoms with Crippen LogP contribution in [0.25, 0.3) is 0 Å². The molecule has 4 nitrogen and oxygen atoms in total. The van der Waals surface area contributed by atoms with Gasteiger partial charge in [0.15, 0.2) is 5.60 Å². The first-order chi connectivity index (χ1) is 4.71. The van der Waals surface area contributed by atoms with Crippen LogP contribution >= 0.6 is 8.60 Å². The molecule has 2 bridgehead atoms. The summed E-state index contributed by atoms with van der Waals surface area (Å²) in [5.74, 6) is 0.371. The number of fused-ring (bicyclic) bond motifs is 3. The average molecular weight is 162 g/mol. The third-order valence-electron chi connectivity index (χ3n) is 1.52.